The molecule has 0 bridgehead atoms. The molecule has 1 aliphatic heterocycles. The fraction of sp³-hybridized carbons (Fsp3) is 0.353. The predicted molar refractivity (Wildman–Crippen MR) is 91.1 cm³/mol. The van der Waals surface area contributed by atoms with Gasteiger partial charge in [0.05, 0.1) is 5.02 Å². The summed E-state index contributed by atoms with van der Waals surface area (Å²) in [5, 5.41) is 0.684. The molecule has 0 unspecified atom stereocenters. The molecule has 3 rings (SSSR count). The van der Waals surface area contributed by atoms with Crippen molar-refractivity contribution in [2.75, 3.05) is 31.1 Å². The molecule has 2 heterocycles. The summed E-state index contributed by atoms with van der Waals surface area (Å²) in [5.74, 6) is 1.01. The van der Waals surface area contributed by atoms with E-state index in [2.05, 4.69) is 39.0 Å². The van der Waals surface area contributed by atoms with E-state index in [0.29, 0.717) is 11.6 Å². The molecule has 2 aromatic rings. The highest BCUT2D eigenvalue weighted by molar-refractivity contribution is 6.30. The molecular weight excluding hydrogens is 296 g/mol. The van der Waals surface area contributed by atoms with Gasteiger partial charge in [-0.25, -0.2) is 4.98 Å². The van der Waals surface area contributed by atoms with Crippen molar-refractivity contribution in [3.63, 3.8) is 0 Å². The molecule has 2 N–H and O–H groups in total. The second-order valence-electron chi connectivity index (χ2n) is 5.62. The number of piperazine rings is 1. The second-order valence-corrected chi connectivity index (χ2v) is 6.05. The molecule has 116 valence electrons. The van der Waals surface area contributed by atoms with E-state index >= 15 is 0 Å². The van der Waals surface area contributed by atoms with Gasteiger partial charge >= 0.3 is 0 Å². The molecule has 5 heteroatoms. The van der Waals surface area contributed by atoms with Crippen LogP contribution in [-0.2, 0) is 13.1 Å². The summed E-state index contributed by atoms with van der Waals surface area (Å²) in [4.78, 5) is 9.18. The van der Waals surface area contributed by atoms with Gasteiger partial charge in [0.1, 0.15) is 5.82 Å². The lowest BCUT2D eigenvalue weighted by atomic mass is 10.1. The Morgan fingerprint density at radius 3 is 2.23 bits per heavy atom. The van der Waals surface area contributed by atoms with Gasteiger partial charge in [-0.15, -0.1) is 0 Å². The second kappa shape index (κ2) is 7.09. The highest BCUT2D eigenvalue weighted by Crippen LogP contribution is 2.17. The number of pyridine rings is 1. The molecule has 22 heavy (non-hydrogen) atoms. The first-order valence-electron chi connectivity index (χ1n) is 7.61. The Kier molecular flexibility index (Phi) is 4.93. The molecule has 0 radical (unpaired) electrons. The zero-order chi connectivity index (χ0) is 15.4. The summed E-state index contributed by atoms with van der Waals surface area (Å²) in [5.41, 5.74) is 8.16. The van der Waals surface area contributed by atoms with Crippen molar-refractivity contribution >= 4 is 17.4 Å². The first-order valence-corrected chi connectivity index (χ1v) is 7.99. The van der Waals surface area contributed by atoms with Gasteiger partial charge < -0.3 is 10.6 Å². The Labute approximate surface area is 136 Å². The largest absolute Gasteiger partial charge is 0.354 e. The third-order valence-corrected chi connectivity index (χ3v) is 4.30. The molecule has 4 nitrogen and oxygen atoms in total. The van der Waals surface area contributed by atoms with Gasteiger partial charge in [0.15, 0.2) is 0 Å². The fourth-order valence-corrected chi connectivity index (χ4v) is 2.84. The smallest absolute Gasteiger partial charge is 0.128 e. The number of benzene rings is 1. The summed E-state index contributed by atoms with van der Waals surface area (Å²) >= 11 is 5.89. The summed E-state index contributed by atoms with van der Waals surface area (Å²) in [7, 11) is 0. The fourth-order valence-electron chi connectivity index (χ4n) is 2.73. The summed E-state index contributed by atoms with van der Waals surface area (Å²) < 4.78 is 0. The van der Waals surface area contributed by atoms with Crippen LogP contribution in [0.3, 0.4) is 0 Å². The van der Waals surface area contributed by atoms with E-state index in [1.807, 2.05) is 12.1 Å². The molecule has 1 saturated heterocycles. The molecule has 0 atom stereocenters. The zero-order valence-corrected chi connectivity index (χ0v) is 13.3. The maximum absolute atomic E-state index is 5.89. The molecule has 1 aromatic heterocycles. The molecule has 0 spiro atoms. The summed E-state index contributed by atoms with van der Waals surface area (Å²) in [6.45, 7) is 5.68. The molecule has 0 amide bonds. The average molecular weight is 317 g/mol. The highest BCUT2D eigenvalue weighted by Gasteiger charge is 2.17. The average Bonchev–Trinajstić information content (AvgIpc) is 2.57. The SMILES string of the molecule is NCc1ccc(CN2CCN(c3ccc(Cl)cn3)CC2)cc1. The van der Waals surface area contributed by atoms with Gasteiger partial charge in [-0.1, -0.05) is 35.9 Å². The summed E-state index contributed by atoms with van der Waals surface area (Å²) in [6, 6.07) is 12.5. The van der Waals surface area contributed by atoms with Crippen molar-refractivity contribution < 1.29 is 0 Å². The normalized spacial score (nSPS) is 16.0. The van der Waals surface area contributed by atoms with E-state index in [4.69, 9.17) is 17.3 Å². The van der Waals surface area contributed by atoms with Crippen LogP contribution in [-0.4, -0.2) is 36.1 Å². The molecule has 1 aromatic carbocycles. The lowest BCUT2D eigenvalue weighted by Crippen LogP contribution is -2.46. The van der Waals surface area contributed by atoms with Crippen molar-refractivity contribution in [2.24, 2.45) is 5.73 Å². The number of hydrogen-bond acceptors (Lipinski definition) is 4. The minimum Gasteiger partial charge on any atom is -0.354 e. The Bertz CT molecular complexity index is 589. The Hall–Kier alpha value is -1.62. The van der Waals surface area contributed by atoms with Crippen LogP contribution in [0.25, 0.3) is 0 Å². The number of hydrogen-bond donors (Lipinski definition) is 1. The Balaban J connectivity index is 1.53. The van der Waals surface area contributed by atoms with Crippen LogP contribution in [0.5, 0.6) is 0 Å². The number of nitrogens with two attached hydrogens (primary N) is 1. The standard InChI is InChI=1S/C17H21ClN4/c18-16-5-6-17(20-12-16)22-9-7-21(8-10-22)13-15-3-1-14(11-19)2-4-15/h1-6,12H,7-11,13,19H2. The van der Waals surface area contributed by atoms with E-state index in [-0.39, 0.29) is 0 Å². The van der Waals surface area contributed by atoms with Gasteiger partial charge in [0.2, 0.25) is 0 Å². The van der Waals surface area contributed by atoms with Crippen LogP contribution >= 0.6 is 11.6 Å². The lowest BCUT2D eigenvalue weighted by molar-refractivity contribution is 0.249. The van der Waals surface area contributed by atoms with Crippen LogP contribution in [0.4, 0.5) is 5.82 Å². The number of nitrogens with zero attached hydrogens (tertiary/aromatic N) is 3. The van der Waals surface area contributed by atoms with Crippen molar-refractivity contribution in [3.8, 4) is 0 Å². The molecule has 0 saturated carbocycles. The predicted octanol–water partition coefficient (Wildman–Crippen LogP) is 2.52. The lowest BCUT2D eigenvalue weighted by Gasteiger charge is -2.35. The topological polar surface area (TPSA) is 45.4 Å². The van der Waals surface area contributed by atoms with Gasteiger partial charge in [-0.3, -0.25) is 4.90 Å². The Morgan fingerprint density at radius 1 is 0.955 bits per heavy atom. The third kappa shape index (κ3) is 3.77. The Morgan fingerprint density at radius 2 is 1.64 bits per heavy atom. The quantitative estimate of drug-likeness (QED) is 0.941. The number of rotatable bonds is 4. The van der Waals surface area contributed by atoms with Gasteiger partial charge in [0, 0.05) is 45.5 Å². The van der Waals surface area contributed by atoms with E-state index in [1.54, 1.807) is 6.20 Å². The van der Waals surface area contributed by atoms with Crippen LogP contribution in [0.15, 0.2) is 42.6 Å². The van der Waals surface area contributed by atoms with Crippen molar-refractivity contribution in [3.05, 3.63) is 58.7 Å². The minimum absolute atomic E-state index is 0.604. The van der Waals surface area contributed by atoms with Crippen LogP contribution < -0.4 is 10.6 Å². The number of halogens is 1. The van der Waals surface area contributed by atoms with E-state index in [9.17, 15) is 0 Å². The van der Waals surface area contributed by atoms with Gasteiger partial charge in [0.25, 0.3) is 0 Å². The minimum atomic E-state index is 0.604. The maximum atomic E-state index is 5.89. The van der Waals surface area contributed by atoms with E-state index < -0.39 is 0 Å². The van der Waals surface area contributed by atoms with E-state index in [1.165, 1.54) is 11.1 Å². The van der Waals surface area contributed by atoms with Crippen molar-refractivity contribution in [1.29, 1.82) is 0 Å². The molecule has 1 aliphatic rings. The van der Waals surface area contributed by atoms with Crippen LogP contribution in [0.1, 0.15) is 11.1 Å². The van der Waals surface area contributed by atoms with Gasteiger partial charge in [-0.05, 0) is 23.3 Å². The molecule has 1 fully saturated rings. The van der Waals surface area contributed by atoms with Crippen LogP contribution in [0, 0.1) is 0 Å². The van der Waals surface area contributed by atoms with E-state index in [0.717, 1.165) is 38.5 Å². The van der Waals surface area contributed by atoms with Crippen molar-refractivity contribution in [1.82, 2.24) is 9.88 Å². The first kappa shape index (κ1) is 15.3. The van der Waals surface area contributed by atoms with Gasteiger partial charge in [-0.2, -0.15) is 0 Å². The number of aromatic nitrogens is 1. The first-order chi connectivity index (χ1) is 10.7. The monoisotopic (exact) mass is 316 g/mol. The third-order valence-electron chi connectivity index (χ3n) is 4.07. The van der Waals surface area contributed by atoms with Crippen molar-refractivity contribution in [2.45, 2.75) is 13.1 Å². The van der Waals surface area contributed by atoms with Crippen LogP contribution in [0.2, 0.25) is 5.02 Å². The highest BCUT2D eigenvalue weighted by atomic mass is 35.5. The number of anilines is 1. The maximum Gasteiger partial charge on any atom is 0.128 e. The molecule has 0 aliphatic carbocycles. The summed E-state index contributed by atoms with van der Waals surface area (Å²) in [6.07, 6.45) is 1.71. The zero-order valence-electron chi connectivity index (χ0n) is 12.6. The molecular formula is C17H21ClN4.